The van der Waals surface area contributed by atoms with Gasteiger partial charge in [-0.3, -0.25) is 0 Å². The fourth-order valence-electron chi connectivity index (χ4n) is 2.59. The molecule has 0 radical (unpaired) electrons. The van der Waals surface area contributed by atoms with Crippen LogP contribution in [0.15, 0.2) is 0 Å². The number of hydrogen-bond donors (Lipinski definition) is 2. The van der Waals surface area contributed by atoms with E-state index in [1.54, 1.807) is 0 Å². The highest BCUT2D eigenvalue weighted by molar-refractivity contribution is 5.58. The fourth-order valence-corrected chi connectivity index (χ4v) is 2.59. The van der Waals surface area contributed by atoms with Crippen molar-refractivity contribution in [1.82, 2.24) is 9.97 Å². The van der Waals surface area contributed by atoms with Crippen LogP contribution in [0.5, 0.6) is 0 Å². The molecule has 2 heterocycles. The fraction of sp³-hybridized carbons (Fsp3) is 0.714. The summed E-state index contributed by atoms with van der Waals surface area (Å²) in [6.07, 6.45) is 0.618. The largest absolute Gasteiger partial charge is 0.393 e. The van der Waals surface area contributed by atoms with Crippen LogP contribution in [0.2, 0.25) is 0 Å². The van der Waals surface area contributed by atoms with Gasteiger partial charge in [-0.05, 0) is 33.1 Å². The molecular formula is C14H24N4O. The number of piperidine rings is 1. The van der Waals surface area contributed by atoms with Gasteiger partial charge in [0.1, 0.15) is 17.5 Å². The minimum absolute atomic E-state index is 0.187. The molecule has 1 fully saturated rings. The van der Waals surface area contributed by atoms with Crippen LogP contribution in [0, 0.1) is 19.8 Å². The van der Waals surface area contributed by atoms with Crippen molar-refractivity contribution in [3.63, 3.8) is 0 Å². The lowest BCUT2D eigenvalue weighted by Crippen LogP contribution is -2.42. The zero-order valence-electron chi connectivity index (χ0n) is 12.3. The highest BCUT2D eigenvalue weighted by atomic mass is 16.3. The van der Waals surface area contributed by atoms with Gasteiger partial charge < -0.3 is 15.3 Å². The van der Waals surface area contributed by atoms with Crippen LogP contribution in [0.3, 0.4) is 0 Å². The molecule has 1 aliphatic heterocycles. The first-order chi connectivity index (χ1) is 9.02. The molecular weight excluding hydrogens is 240 g/mol. The summed E-state index contributed by atoms with van der Waals surface area (Å²) in [7, 11) is 0. The number of aryl methyl sites for hydroxylation is 1. The van der Waals surface area contributed by atoms with E-state index in [9.17, 15) is 5.11 Å². The van der Waals surface area contributed by atoms with Gasteiger partial charge in [0.05, 0.1) is 6.10 Å². The maximum atomic E-state index is 9.83. The summed E-state index contributed by atoms with van der Waals surface area (Å²) in [6, 6.07) is 0. The molecule has 0 saturated carbocycles. The second kappa shape index (κ2) is 5.74. The molecule has 1 aromatic heterocycles. The van der Waals surface area contributed by atoms with Gasteiger partial charge in [0.25, 0.3) is 0 Å². The Labute approximate surface area is 115 Å². The normalized spacial score (nSPS) is 23.5. The summed E-state index contributed by atoms with van der Waals surface area (Å²) in [4.78, 5) is 11.3. The first-order valence-corrected chi connectivity index (χ1v) is 7.05. The van der Waals surface area contributed by atoms with E-state index in [1.165, 1.54) is 0 Å². The summed E-state index contributed by atoms with van der Waals surface area (Å²) in [5.74, 6) is 2.99. The van der Waals surface area contributed by atoms with Crippen LogP contribution in [-0.2, 0) is 0 Å². The SMILES string of the molecule is CCNc1nc(C)nc(N2CCC(O)C(C)C2)c1C. The molecule has 0 bridgehead atoms. The second-order valence-electron chi connectivity index (χ2n) is 5.38. The Morgan fingerprint density at radius 1 is 1.37 bits per heavy atom. The first-order valence-electron chi connectivity index (χ1n) is 7.05. The molecule has 5 heteroatoms. The maximum absolute atomic E-state index is 9.83. The lowest BCUT2D eigenvalue weighted by Gasteiger charge is -2.36. The molecule has 2 rings (SSSR count). The number of hydrogen-bond acceptors (Lipinski definition) is 5. The molecule has 1 saturated heterocycles. The summed E-state index contributed by atoms with van der Waals surface area (Å²) in [5, 5.41) is 13.1. The van der Waals surface area contributed by atoms with Crippen LogP contribution >= 0.6 is 0 Å². The number of aromatic nitrogens is 2. The highest BCUT2D eigenvalue weighted by Gasteiger charge is 2.26. The minimum Gasteiger partial charge on any atom is -0.393 e. The Kier molecular flexibility index (Phi) is 4.24. The van der Waals surface area contributed by atoms with E-state index >= 15 is 0 Å². The molecule has 2 atom stereocenters. The van der Waals surface area contributed by atoms with Crippen LogP contribution < -0.4 is 10.2 Å². The van der Waals surface area contributed by atoms with Crippen molar-refractivity contribution >= 4 is 11.6 Å². The highest BCUT2D eigenvalue weighted by Crippen LogP contribution is 2.27. The number of anilines is 2. The summed E-state index contributed by atoms with van der Waals surface area (Å²) >= 11 is 0. The van der Waals surface area contributed by atoms with Crippen molar-refractivity contribution in [2.24, 2.45) is 5.92 Å². The van der Waals surface area contributed by atoms with Gasteiger partial charge >= 0.3 is 0 Å². The van der Waals surface area contributed by atoms with Gasteiger partial charge in [0.2, 0.25) is 0 Å². The van der Waals surface area contributed by atoms with Crippen LogP contribution in [0.4, 0.5) is 11.6 Å². The molecule has 1 aromatic rings. The Morgan fingerprint density at radius 2 is 2.11 bits per heavy atom. The van der Waals surface area contributed by atoms with Gasteiger partial charge in [-0.2, -0.15) is 0 Å². The van der Waals surface area contributed by atoms with Crippen LogP contribution in [0.1, 0.15) is 31.7 Å². The molecule has 0 amide bonds. The predicted octanol–water partition coefficient (Wildman–Crippen LogP) is 1.73. The first kappa shape index (κ1) is 14.1. The van der Waals surface area contributed by atoms with E-state index < -0.39 is 0 Å². The number of aliphatic hydroxyl groups is 1. The smallest absolute Gasteiger partial charge is 0.137 e. The van der Waals surface area contributed by atoms with E-state index in [1.807, 2.05) is 6.92 Å². The average Bonchev–Trinajstić information content (AvgIpc) is 2.37. The van der Waals surface area contributed by atoms with Crippen molar-refractivity contribution in [1.29, 1.82) is 0 Å². The summed E-state index contributed by atoms with van der Waals surface area (Å²) < 4.78 is 0. The lowest BCUT2D eigenvalue weighted by molar-refractivity contribution is 0.0968. The van der Waals surface area contributed by atoms with E-state index in [0.29, 0.717) is 0 Å². The topological polar surface area (TPSA) is 61.3 Å². The van der Waals surface area contributed by atoms with E-state index in [4.69, 9.17) is 0 Å². The molecule has 0 spiro atoms. The molecule has 5 nitrogen and oxygen atoms in total. The van der Waals surface area contributed by atoms with Gasteiger partial charge in [0, 0.05) is 25.2 Å². The third kappa shape index (κ3) is 2.97. The average molecular weight is 264 g/mol. The minimum atomic E-state index is -0.187. The van der Waals surface area contributed by atoms with Gasteiger partial charge in [-0.25, -0.2) is 9.97 Å². The molecule has 19 heavy (non-hydrogen) atoms. The van der Waals surface area contributed by atoms with Crippen molar-refractivity contribution in [2.75, 3.05) is 29.9 Å². The van der Waals surface area contributed by atoms with Crippen molar-refractivity contribution in [3.05, 3.63) is 11.4 Å². The van der Waals surface area contributed by atoms with Gasteiger partial charge in [0.15, 0.2) is 0 Å². The Bertz CT molecular complexity index is 449. The standard InChI is InChI=1S/C14H24N4O/c1-5-15-13-10(3)14(17-11(4)16-13)18-7-6-12(19)9(2)8-18/h9,12,19H,5-8H2,1-4H3,(H,15,16,17). The van der Waals surface area contributed by atoms with Crippen LogP contribution in [0.25, 0.3) is 0 Å². The van der Waals surface area contributed by atoms with Crippen LogP contribution in [-0.4, -0.2) is 40.8 Å². The summed E-state index contributed by atoms with van der Waals surface area (Å²) in [5.41, 5.74) is 1.09. The van der Waals surface area contributed by atoms with Crippen molar-refractivity contribution in [2.45, 2.75) is 40.2 Å². The third-order valence-electron chi connectivity index (χ3n) is 3.74. The molecule has 1 aliphatic rings. The van der Waals surface area contributed by atoms with Crippen molar-refractivity contribution in [3.8, 4) is 0 Å². The number of nitrogens with one attached hydrogen (secondary N) is 1. The summed E-state index contributed by atoms with van der Waals surface area (Å²) in [6.45, 7) is 10.7. The number of rotatable bonds is 3. The molecule has 0 aromatic carbocycles. The molecule has 2 unspecified atom stereocenters. The molecule has 2 N–H and O–H groups in total. The van der Waals surface area contributed by atoms with Gasteiger partial charge in [-0.1, -0.05) is 6.92 Å². The third-order valence-corrected chi connectivity index (χ3v) is 3.74. The Hall–Kier alpha value is -1.36. The number of aliphatic hydroxyl groups excluding tert-OH is 1. The van der Waals surface area contributed by atoms with E-state index in [0.717, 1.165) is 49.1 Å². The predicted molar refractivity (Wildman–Crippen MR) is 77.7 cm³/mol. The molecule has 106 valence electrons. The van der Waals surface area contributed by atoms with Crippen molar-refractivity contribution < 1.29 is 5.11 Å². The van der Waals surface area contributed by atoms with E-state index in [-0.39, 0.29) is 12.0 Å². The Balaban J connectivity index is 2.29. The molecule has 0 aliphatic carbocycles. The maximum Gasteiger partial charge on any atom is 0.137 e. The lowest BCUT2D eigenvalue weighted by atomic mass is 9.96. The second-order valence-corrected chi connectivity index (χ2v) is 5.38. The Morgan fingerprint density at radius 3 is 2.74 bits per heavy atom. The zero-order chi connectivity index (χ0) is 14.0. The zero-order valence-corrected chi connectivity index (χ0v) is 12.3. The van der Waals surface area contributed by atoms with Gasteiger partial charge in [-0.15, -0.1) is 0 Å². The van der Waals surface area contributed by atoms with E-state index in [2.05, 4.69) is 41.0 Å². The number of nitrogens with zero attached hydrogens (tertiary/aromatic N) is 3. The monoisotopic (exact) mass is 264 g/mol. The quantitative estimate of drug-likeness (QED) is 0.870.